The van der Waals surface area contributed by atoms with Gasteiger partial charge in [-0.25, -0.2) is 0 Å². The average molecular weight is 217 g/mol. The average Bonchev–Trinajstić information content (AvgIpc) is 1.84. The van der Waals surface area contributed by atoms with Gasteiger partial charge in [-0.1, -0.05) is 6.92 Å². The van der Waals surface area contributed by atoms with Crippen molar-refractivity contribution < 1.29 is 18.1 Å². The minimum absolute atomic E-state index is 0.218. The van der Waals surface area contributed by atoms with E-state index in [4.69, 9.17) is 16.2 Å². The van der Waals surface area contributed by atoms with E-state index in [1.165, 1.54) is 0 Å². The summed E-state index contributed by atoms with van der Waals surface area (Å²) in [5.74, 6) is -0.473. The molecule has 0 bridgehead atoms. The number of alkyl halides is 1. The molecule has 2 atom stereocenters. The number of aliphatic hydroxyl groups excluding tert-OH is 1. The summed E-state index contributed by atoms with van der Waals surface area (Å²) in [5.41, 5.74) is 0. The molecule has 0 radical (unpaired) electrons. The van der Waals surface area contributed by atoms with Gasteiger partial charge in [-0.05, 0) is 12.3 Å². The van der Waals surface area contributed by atoms with Crippen LogP contribution in [0.25, 0.3) is 0 Å². The molecule has 0 aromatic heterocycles. The van der Waals surface area contributed by atoms with Crippen LogP contribution in [0.2, 0.25) is 0 Å². The van der Waals surface area contributed by atoms with E-state index in [0.29, 0.717) is 12.3 Å². The minimum atomic E-state index is -4.08. The summed E-state index contributed by atoms with van der Waals surface area (Å²) in [5, 5.41) is 9.19. The highest BCUT2D eigenvalue weighted by molar-refractivity contribution is 7.85. The van der Waals surface area contributed by atoms with Gasteiger partial charge in [0.2, 0.25) is 0 Å². The van der Waals surface area contributed by atoms with Gasteiger partial charge in [0.1, 0.15) is 5.75 Å². The maximum atomic E-state index is 10.3. The molecule has 0 spiro atoms. The third-order valence-electron chi connectivity index (χ3n) is 1.60. The molecular formula is C6H13ClO4S. The zero-order valence-electron chi connectivity index (χ0n) is 6.77. The van der Waals surface area contributed by atoms with Crippen molar-refractivity contribution in [1.29, 1.82) is 0 Å². The van der Waals surface area contributed by atoms with Gasteiger partial charge in [-0.2, -0.15) is 8.42 Å². The smallest absolute Gasteiger partial charge is 0.267 e. The van der Waals surface area contributed by atoms with Gasteiger partial charge in [0, 0.05) is 5.88 Å². The lowest BCUT2D eigenvalue weighted by Crippen LogP contribution is -2.27. The van der Waals surface area contributed by atoms with Crippen LogP contribution in [0.1, 0.15) is 13.3 Å². The Bertz CT molecular complexity index is 214. The van der Waals surface area contributed by atoms with Crippen LogP contribution in [0.3, 0.4) is 0 Å². The summed E-state index contributed by atoms with van der Waals surface area (Å²) in [6.07, 6.45) is -0.517. The Kier molecular flexibility index (Phi) is 5.08. The number of halogens is 1. The molecule has 0 saturated carbocycles. The summed E-state index contributed by atoms with van der Waals surface area (Å²) in [6, 6.07) is 0. The SMILES string of the molecule is CC(CCCl)C(O)CS(=O)(=O)O. The lowest BCUT2D eigenvalue weighted by atomic mass is 10.0. The van der Waals surface area contributed by atoms with E-state index in [0.717, 1.165) is 0 Å². The van der Waals surface area contributed by atoms with Crippen LogP contribution >= 0.6 is 11.6 Å². The second kappa shape index (κ2) is 5.01. The van der Waals surface area contributed by atoms with E-state index >= 15 is 0 Å². The highest BCUT2D eigenvalue weighted by Crippen LogP contribution is 2.10. The summed E-state index contributed by atoms with van der Waals surface area (Å²) >= 11 is 5.39. The highest BCUT2D eigenvalue weighted by atomic mass is 35.5. The van der Waals surface area contributed by atoms with E-state index in [1.54, 1.807) is 6.92 Å². The molecule has 12 heavy (non-hydrogen) atoms. The van der Waals surface area contributed by atoms with Crippen molar-refractivity contribution in [3.05, 3.63) is 0 Å². The number of aliphatic hydroxyl groups is 1. The van der Waals surface area contributed by atoms with Gasteiger partial charge in [0.15, 0.2) is 0 Å². The molecule has 2 N–H and O–H groups in total. The summed E-state index contributed by atoms with van der Waals surface area (Å²) < 4.78 is 29.0. The predicted octanol–water partition coefficient (Wildman–Crippen LogP) is 0.500. The van der Waals surface area contributed by atoms with Crippen molar-refractivity contribution in [3.8, 4) is 0 Å². The molecule has 0 aliphatic rings. The van der Waals surface area contributed by atoms with Crippen LogP contribution in [-0.4, -0.2) is 35.8 Å². The van der Waals surface area contributed by atoms with Crippen molar-refractivity contribution in [2.45, 2.75) is 19.4 Å². The molecule has 0 amide bonds. The molecule has 2 unspecified atom stereocenters. The quantitative estimate of drug-likeness (QED) is 0.519. The van der Waals surface area contributed by atoms with Gasteiger partial charge >= 0.3 is 0 Å². The standard InChI is InChI=1S/C6H13ClO4S/c1-5(2-3-7)6(8)4-12(9,10)11/h5-6,8H,2-4H2,1H3,(H,9,10,11). The summed E-state index contributed by atoms with van der Waals surface area (Å²) in [4.78, 5) is 0. The second-order valence-electron chi connectivity index (χ2n) is 2.77. The molecule has 6 heteroatoms. The summed E-state index contributed by atoms with van der Waals surface area (Å²) in [7, 11) is -4.08. The predicted molar refractivity (Wildman–Crippen MR) is 46.9 cm³/mol. The molecule has 0 fully saturated rings. The molecular weight excluding hydrogens is 204 g/mol. The lowest BCUT2D eigenvalue weighted by molar-refractivity contribution is 0.134. The molecule has 4 nitrogen and oxygen atoms in total. The number of hydrogen-bond acceptors (Lipinski definition) is 3. The fraction of sp³-hybridized carbons (Fsp3) is 1.00. The fourth-order valence-corrected chi connectivity index (χ4v) is 1.85. The lowest BCUT2D eigenvalue weighted by Gasteiger charge is -2.15. The number of rotatable bonds is 5. The van der Waals surface area contributed by atoms with Crippen molar-refractivity contribution in [3.63, 3.8) is 0 Å². The van der Waals surface area contributed by atoms with Crippen LogP contribution in [0.15, 0.2) is 0 Å². The van der Waals surface area contributed by atoms with Gasteiger partial charge in [-0.15, -0.1) is 11.6 Å². The Morgan fingerprint density at radius 2 is 2.00 bits per heavy atom. The molecule has 0 saturated heterocycles. The van der Waals surface area contributed by atoms with Crippen LogP contribution in [0, 0.1) is 5.92 Å². The maximum absolute atomic E-state index is 10.3. The Balaban J connectivity index is 3.95. The molecule has 0 aliphatic heterocycles. The first kappa shape index (κ1) is 12.2. The molecule has 0 heterocycles. The molecule has 74 valence electrons. The largest absolute Gasteiger partial charge is 0.392 e. The third-order valence-corrected chi connectivity index (χ3v) is 2.58. The zero-order chi connectivity index (χ0) is 9.78. The molecule has 0 aliphatic carbocycles. The monoisotopic (exact) mass is 216 g/mol. The van der Waals surface area contributed by atoms with E-state index in [9.17, 15) is 13.5 Å². The van der Waals surface area contributed by atoms with Crippen molar-refractivity contribution in [1.82, 2.24) is 0 Å². The van der Waals surface area contributed by atoms with Gasteiger partial charge in [0.05, 0.1) is 6.10 Å². The van der Waals surface area contributed by atoms with E-state index in [1.807, 2.05) is 0 Å². The highest BCUT2D eigenvalue weighted by Gasteiger charge is 2.19. The van der Waals surface area contributed by atoms with Gasteiger partial charge < -0.3 is 5.11 Å². The normalized spacial score (nSPS) is 17.3. The molecule has 0 rings (SSSR count). The van der Waals surface area contributed by atoms with Crippen LogP contribution < -0.4 is 0 Å². The first-order valence-electron chi connectivity index (χ1n) is 3.56. The van der Waals surface area contributed by atoms with Crippen molar-refractivity contribution in [2.24, 2.45) is 5.92 Å². The van der Waals surface area contributed by atoms with Crippen LogP contribution in [-0.2, 0) is 10.1 Å². The zero-order valence-corrected chi connectivity index (χ0v) is 8.35. The topological polar surface area (TPSA) is 74.6 Å². The molecule has 0 aromatic rings. The van der Waals surface area contributed by atoms with Gasteiger partial charge in [-0.3, -0.25) is 4.55 Å². The Labute approximate surface area is 77.3 Å². The maximum Gasteiger partial charge on any atom is 0.267 e. The summed E-state index contributed by atoms with van der Waals surface area (Å²) in [6.45, 7) is 1.68. The van der Waals surface area contributed by atoms with Crippen LogP contribution in [0.5, 0.6) is 0 Å². The molecule has 0 aromatic carbocycles. The van der Waals surface area contributed by atoms with E-state index < -0.39 is 22.0 Å². The van der Waals surface area contributed by atoms with Crippen molar-refractivity contribution >= 4 is 21.7 Å². The second-order valence-corrected chi connectivity index (χ2v) is 4.65. The van der Waals surface area contributed by atoms with E-state index in [2.05, 4.69) is 0 Å². The van der Waals surface area contributed by atoms with E-state index in [-0.39, 0.29) is 5.92 Å². The first-order chi connectivity index (χ1) is 5.37. The minimum Gasteiger partial charge on any atom is -0.392 e. The Morgan fingerprint density at radius 1 is 1.50 bits per heavy atom. The van der Waals surface area contributed by atoms with Crippen LogP contribution in [0.4, 0.5) is 0 Å². The Hall–Kier alpha value is 0.160. The van der Waals surface area contributed by atoms with Gasteiger partial charge in [0.25, 0.3) is 10.1 Å². The fourth-order valence-electron chi connectivity index (χ4n) is 0.745. The Morgan fingerprint density at radius 3 is 2.33 bits per heavy atom. The number of hydrogen-bond donors (Lipinski definition) is 2. The first-order valence-corrected chi connectivity index (χ1v) is 5.70. The van der Waals surface area contributed by atoms with Crippen molar-refractivity contribution in [2.75, 3.05) is 11.6 Å². The third kappa shape index (κ3) is 5.77.